The molecular formula is C18H25FN2O2. The predicted octanol–water partition coefficient (Wildman–Crippen LogP) is 2.84. The number of rotatable bonds is 5. The molecule has 126 valence electrons. The Morgan fingerprint density at radius 2 is 2.09 bits per heavy atom. The first-order valence-electron chi connectivity index (χ1n) is 8.29. The maximum atomic E-state index is 13.9. The van der Waals surface area contributed by atoms with E-state index >= 15 is 0 Å². The number of ether oxygens (including phenoxy) is 1. The van der Waals surface area contributed by atoms with E-state index in [1.165, 1.54) is 26.7 Å². The summed E-state index contributed by atoms with van der Waals surface area (Å²) in [6, 6.07) is 8.58. The Balaban J connectivity index is 1.85. The van der Waals surface area contributed by atoms with Crippen molar-refractivity contribution < 1.29 is 13.9 Å². The van der Waals surface area contributed by atoms with Gasteiger partial charge in [0.05, 0.1) is 13.2 Å². The molecular weight excluding hydrogens is 295 g/mol. The summed E-state index contributed by atoms with van der Waals surface area (Å²) in [4.78, 5) is 14.5. The second-order valence-corrected chi connectivity index (χ2v) is 7.03. The number of amides is 1. The second-order valence-electron chi connectivity index (χ2n) is 7.03. The fraction of sp³-hybridized carbons (Fsp3) is 0.611. The van der Waals surface area contributed by atoms with E-state index in [9.17, 15) is 9.18 Å². The number of carbonyl (C=O) groups is 1. The van der Waals surface area contributed by atoms with E-state index in [2.05, 4.69) is 16.3 Å². The van der Waals surface area contributed by atoms with Crippen LogP contribution in [0.4, 0.5) is 4.39 Å². The van der Waals surface area contributed by atoms with Gasteiger partial charge in [-0.3, -0.25) is 9.69 Å². The molecule has 1 aliphatic carbocycles. The van der Waals surface area contributed by atoms with Crippen LogP contribution < -0.4 is 10.1 Å². The normalized spacial score (nSPS) is 25.4. The number of likely N-dealkylation sites (tertiary alicyclic amines) is 1. The summed E-state index contributed by atoms with van der Waals surface area (Å²) in [5.41, 5.74) is -0.734. The fourth-order valence-electron chi connectivity index (χ4n) is 3.37. The van der Waals surface area contributed by atoms with Gasteiger partial charge in [0, 0.05) is 18.6 Å². The van der Waals surface area contributed by atoms with Gasteiger partial charge in [0.1, 0.15) is 5.75 Å². The third-order valence-corrected chi connectivity index (χ3v) is 4.74. The third kappa shape index (κ3) is 3.50. The Bertz CT molecular complexity index is 581. The number of hydrogen-bond acceptors (Lipinski definition) is 3. The number of carbonyl (C=O) groups excluding carboxylic acids is 1. The first kappa shape index (κ1) is 16.2. The molecule has 1 aromatic rings. The van der Waals surface area contributed by atoms with Crippen LogP contribution in [0.5, 0.6) is 5.75 Å². The van der Waals surface area contributed by atoms with E-state index in [0.29, 0.717) is 6.04 Å². The standard InChI is InChI=1S/C18H25FN2O2/c1-18(2,19)17(22)20-15-9-10-21(13-7-8-13)16(15)12-5-4-6-14(11-12)23-3/h4-6,11,13,15-16H,7-10H2,1-3H3,(H,20,22)/t15-,16+/m1/s1. The minimum atomic E-state index is -1.86. The largest absolute Gasteiger partial charge is 0.497 e. The highest BCUT2D eigenvalue weighted by molar-refractivity contribution is 5.84. The maximum Gasteiger partial charge on any atom is 0.257 e. The lowest BCUT2D eigenvalue weighted by atomic mass is 9.98. The lowest BCUT2D eigenvalue weighted by Crippen LogP contribution is -2.46. The van der Waals surface area contributed by atoms with Crippen molar-refractivity contribution in [1.82, 2.24) is 10.2 Å². The molecule has 1 aliphatic heterocycles. The van der Waals surface area contributed by atoms with E-state index in [-0.39, 0.29) is 12.1 Å². The molecule has 4 nitrogen and oxygen atoms in total. The van der Waals surface area contributed by atoms with E-state index in [0.717, 1.165) is 24.3 Å². The number of hydrogen-bond donors (Lipinski definition) is 1. The molecule has 23 heavy (non-hydrogen) atoms. The van der Waals surface area contributed by atoms with Crippen molar-refractivity contribution >= 4 is 5.91 Å². The highest BCUT2D eigenvalue weighted by atomic mass is 19.1. The van der Waals surface area contributed by atoms with Crippen LogP contribution in [0.1, 0.15) is 44.7 Å². The summed E-state index contributed by atoms with van der Waals surface area (Å²) < 4.78 is 19.2. The first-order chi connectivity index (χ1) is 10.9. The first-order valence-corrected chi connectivity index (χ1v) is 8.29. The quantitative estimate of drug-likeness (QED) is 0.907. The van der Waals surface area contributed by atoms with Crippen molar-refractivity contribution in [3.8, 4) is 5.75 Å². The molecule has 0 bridgehead atoms. The second kappa shape index (κ2) is 6.11. The van der Waals surface area contributed by atoms with Crippen molar-refractivity contribution in [3.05, 3.63) is 29.8 Å². The van der Waals surface area contributed by atoms with E-state index in [1.807, 2.05) is 18.2 Å². The van der Waals surface area contributed by atoms with Gasteiger partial charge in [-0.1, -0.05) is 12.1 Å². The number of halogens is 1. The Kier molecular flexibility index (Phi) is 4.32. The molecule has 0 unspecified atom stereocenters. The van der Waals surface area contributed by atoms with Crippen LogP contribution in [0.15, 0.2) is 24.3 Å². The van der Waals surface area contributed by atoms with Gasteiger partial charge in [0.25, 0.3) is 5.91 Å². The zero-order chi connectivity index (χ0) is 16.6. The minimum absolute atomic E-state index is 0.0646. The molecule has 0 spiro atoms. The molecule has 0 aromatic heterocycles. The average Bonchev–Trinajstić information content (AvgIpc) is 3.27. The van der Waals surface area contributed by atoms with Gasteiger partial charge in [-0.2, -0.15) is 0 Å². The molecule has 1 N–H and O–H groups in total. The van der Waals surface area contributed by atoms with Crippen LogP contribution in [0, 0.1) is 0 Å². The number of nitrogens with zero attached hydrogens (tertiary/aromatic N) is 1. The third-order valence-electron chi connectivity index (χ3n) is 4.74. The fourth-order valence-corrected chi connectivity index (χ4v) is 3.37. The molecule has 2 aliphatic rings. The Labute approximate surface area is 137 Å². The smallest absolute Gasteiger partial charge is 0.257 e. The molecule has 1 saturated heterocycles. The SMILES string of the molecule is COc1cccc([C@H]2[C@H](NC(=O)C(C)(C)F)CCN2C2CC2)c1. The van der Waals surface area contributed by atoms with Crippen molar-refractivity contribution in [1.29, 1.82) is 0 Å². The summed E-state index contributed by atoms with van der Waals surface area (Å²) in [5, 5.41) is 2.92. The maximum absolute atomic E-state index is 13.9. The van der Waals surface area contributed by atoms with Gasteiger partial charge >= 0.3 is 0 Å². The van der Waals surface area contributed by atoms with Gasteiger partial charge < -0.3 is 10.1 Å². The van der Waals surface area contributed by atoms with Gasteiger partial charge in [0.15, 0.2) is 5.67 Å². The lowest BCUT2D eigenvalue weighted by Gasteiger charge is -2.30. The highest BCUT2D eigenvalue weighted by Gasteiger charge is 2.44. The van der Waals surface area contributed by atoms with E-state index < -0.39 is 11.6 Å². The molecule has 1 heterocycles. The van der Waals surface area contributed by atoms with E-state index in [1.54, 1.807) is 7.11 Å². The summed E-state index contributed by atoms with van der Waals surface area (Å²) in [7, 11) is 1.65. The van der Waals surface area contributed by atoms with Crippen molar-refractivity contribution in [2.75, 3.05) is 13.7 Å². The summed E-state index contributed by atoms with van der Waals surface area (Å²) in [5.74, 6) is 0.272. The van der Waals surface area contributed by atoms with Crippen LogP contribution >= 0.6 is 0 Å². The molecule has 0 radical (unpaired) electrons. The summed E-state index contributed by atoms with van der Waals surface area (Å²) in [6.45, 7) is 3.54. The number of alkyl halides is 1. The molecule has 3 rings (SSSR count). The Morgan fingerprint density at radius 1 is 1.35 bits per heavy atom. The highest BCUT2D eigenvalue weighted by Crippen LogP contribution is 2.41. The monoisotopic (exact) mass is 320 g/mol. The molecule has 2 atom stereocenters. The topological polar surface area (TPSA) is 41.6 Å². The molecule has 1 amide bonds. The molecule has 5 heteroatoms. The van der Waals surface area contributed by atoms with Gasteiger partial charge in [-0.05, 0) is 50.8 Å². The molecule has 2 fully saturated rings. The zero-order valence-electron chi connectivity index (χ0n) is 14.0. The molecule has 1 saturated carbocycles. The zero-order valence-corrected chi connectivity index (χ0v) is 14.0. The molecule has 1 aromatic carbocycles. The number of nitrogens with one attached hydrogen (secondary N) is 1. The predicted molar refractivity (Wildman–Crippen MR) is 87.2 cm³/mol. The summed E-state index contributed by atoms with van der Waals surface area (Å²) >= 11 is 0. The average molecular weight is 320 g/mol. The number of benzene rings is 1. The van der Waals surface area contributed by atoms with Crippen LogP contribution in [0.3, 0.4) is 0 Å². The van der Waals surface area contributed by atoms with E-state index in [4.69, 9.17) is 4.74 Å². The Hall–Kier alpha value is -1.62. The lowest BCUT2D eigenvalue weighted by molar-refractivity contribution is -0.131. The number of methoxy groups -OCH3 is 1. The van der Waals surface area contributed by atoms with Crippen LogP contribution in [-0.2, 0) is 4.79 Å². The van der Waals surface area contributed by atoms with Crippen LogP contribution in [0.25, 0.3) is 0 Å². The van der Waals surface area contributed by atoms with Crippen molar-refractivity contribution in [3.63, 3.8) is 0 Å². The van der Waals surface area contributed by atoms with Gasteiger partial charge in [-0.15, -0.1) is 0 Å². The van der Waals surface area contributed by atoms with Crippen molar-refractivity contribution in [2.24, 2.45) is 0 Å². The van der Waals surface area contributed by atoms with Gasteiger partial charge in [0.2, 0.25) is 0 Å². The van der Waals surface area contributed by atoms with Crippen LogP contribution in [-0.4, -0.2) is 42.2 Å². The van der Waals surface area contributed by atoms with Gasteiger partial charge in [-0.25, -0.2) is 4.39 Å². The Morgan fingerprint density at radius 3 is 2.70 bits per heavy atom. The minimum Gasteiger partial charge on any atom is -0.497 e. The van der Waals surface area contributed by atoms with Crippen LogP contribution in [0.2, 0.25) is 0 Å². The van der Waals surface area contributed by atoms with Crippen molar-refractivity contribution in [2.45, 2.75) is 56.9 Å². The summed E-state index contributed by atoms with van der Waals surface area (Å²) in [6.07, 6.45) is 3.26.